The molecule has 2 rings (SSSR count). The van der Waals surface area contributed by atoms with Gasteiger partial charge in [0.05, 0.1) is 33.8 Å². The standard InChI is InChI=1S/C19H25N5OS/c1-12(2)15-5-6-16(18-17(15)13(7-20)9-23-18)24-26-14(8-21)10-22-11-19(3,4)25/h5-6,8-10,12,23-25H,11,21H2,1-4H3/b14-8+,22-10?. The molecule has 0 atom stereocenters. The molecule has 0 saturated heterocycles. The van der Waals surface area contributed by atoms with Gasteiger partial charge in [-0.05, 0) is 43.3 Å². The van der Waals surface area contributed by atoms with E-state index in [-0.39, 0.29) is 0 Å². The van der Waals surface area contributed by atoms with Gasteiger partial charge in [-0.15, -0.1) is 0 Å². The van der Waals surface area contributed by atoms with Crippen LogP contribution >= 0.6 is 11.9 Å². The molecule has 0 bridgehead atoms. The quantitative estimate of drug-likeness (QED) is 0.436. The summed E-state index contributed by atoms with van der Waals surface area (Å²) in [4.78, 5) is 8.12. The van der Waals surface area contributed by atoms with Gasteiger partial charge >= 0.3 is 0 Å². The Kier molecular flexibility index (Phi) is 6.35. The molecule has 0 radical (unpaired) electrons. The molecule has 2 aromatic rings. The molecule has 5 N–H and O–H groups in total. The van der Waals surface area contributed by atoms with Gasteiger partial charge in [-0.2, -0.15) is 5.26 Å². The molecule has 0 amide bonds. The third-order valence-corrected chi connectivity index (χ3v) is 4.55. The number of hydrogen-bond acceptors (Lipinski definition) is 6. The van der Waals surface area contributed by atoms with Crippen LogP contribution < -0.4 is 10.5 Å². The van der Waals surface area contributed by atoms with E-state index in [0.717, 1.165) is 27.1 Å². The molecular weight excluding hydrogens is 346 g/mol. The van der Waals surface area contributed by atoms with Crippen LogP contribution in [0.3, 0.4) is 0 Å². The number of nitrogens with one attached hydrogen (secondary N) is 2. The summed E-state index contributed by atoms with van der Waals surface area (Å²) in [6, 6.07) is 6.28. The fraction of sp³-hybridized carbons (Fsp3) is 0.368. The zero-order valence-electron chi connectivity index (χ0n) is 15.5. The van der Waals surface area contributed by atoms with Crippen LogP contribution in [0, 0.1) is 11.3 Å². The minimum atomic E-state index is -0.856. The lowest BCUT2D eigenvalue weighted by Gasteiger charge is -2.13. The van der Waals surface area contributed by atoms with Crippen molar-refractivity contribution in [2.24, 2.45) is 10.7 Å². The summed E-state index contributed by atoms with van der Waals surface area (Å²) in [6.07, 6.45) is 4.82. The number of aliphatic imine (C=N–C) groups is 1. The number of aromatic nitrogens is 1. The molecule has 138 valence electrons. The Balaban J connectivity index is 2.23. The van der Waals surface area contributed by atoms with E-state index < -0.39 is 5.60 Å². The van der Waals surface area contributed by atoms with Crippen molar-refractivity contribution < 1.29 is 5.11 Å². The number of nitrogens with two attached hydrogens (primary N) is 1. The summed E-state index contributed by atoms with van der Waals surface area (Å²) in [5.41, 5.74) is 8.34. The number of hydrogen-bond donors (Lipinski definition) is 4. The van der Waals surface area contributed by atoms with Gasteiger partial charge in [-0.3, -0.25) is 4.99 Å². The van der Waals surface area contributed by atoms with Crippen LogP contribution in [-0.4, -0.2) is 28.5 Å². The summed E-state index contributed by atoms with van der Waals surface area (Å²) in [7, 11) is 0. The lowest BCUT2D eigenvalue weighted by Crippen LogP contribution is -2.22. The number of fused-ring (bicyclic) bond motifs is 1. The van der Waals surface area contributed by atoms with E-state index in [1.54, 1.807) is 26.3 Å². The Bertz CT molecular complexity index is 868. The Morgan fingerprint density at radius 2 is 2.23 bits per heavy atom. The number of anilines is 1. The van der Waals surface area contributed by atoms with Crippen LogP contribution in [0.15, 0.2) is 34.4 Å². The lowest BCUT2D eigenvalue weighted by atomic mass is 9.96. The second-order valence-corrected chi connectivity index (χ2v) is 7.86. The largest absolute Gasteiger partial charge is 0.404 e. The molecular formula is C19H25N5OS. The van der Waals surface area contributed by atoms with Crippen molar-refractivity contribution in [3.8, 4) is 6.07 Å². The number of H-pyrrole nitrogens is 1. The van der Waals surface area contributed by atoms with Crippen molar-refractivity contribution in [3.63, 3.8) is 0 Å². The molecule has 0 aliphatic heterocycles. The number of rotatable bonds is 7. The van der Waals surface area contributed by atoms with Crippen molar-refractivity contribution in [2.75, 3.05) is 11.3 Å². The van der Waals surface area contributed by atoms with Crippen molar-refractivity contribution in [2.45, 2.75) is 39.2 Å². The highest BCUT2D eigenvalue weighted by atomic mass is 32.2. The normalized spacial score (nSPS) is 12.9. The van der Waals surface area contributed by atoms with E-state index in [1.165, 1.54) is 18.1 Å². The molecule has 6 nitrogen and oxygen atoms in total. The van der Waals surface area contributed by atoms with Gasteiger partial charge in [-0.25, -0.2) is 0 Å². The summed E-state index contributed by atoms with van der Waals surface area (Å²) in [6.45, 7) is 7.91. The fourth-order valence-electron chi connectivity index (χ4n) is 2.51. The third-order valence-electron chi connectivity index (χ3n) is 3.75. The second-order valence-electron chi connectivity index (χ2n) is 6.98. The number of nitriles is 1. The topological polar surface area (TPSA) is 110 Å². The molecule has 0 aliphatic carbocycles. The van der Waals surface area contributed by atoms with Crippen LogP contribution in [-0.2, 0) is 0 Å². The first kappa shape index (κ1) is 19.9. The monoisotopic (exact) mass is 371 g/mol. The maximum Gasteiger partial charge on any atom is 0.101 e. The van der Waals surface area contributed by atoms with E-state index in [2.05, 4.69) is 34.6 Å². The third kappa shape index (κ3) is 4.81. The van der Waals surface area contributed by atoms with E-state index >= 15 is 0 Å². The number of benzene rings is 1. The van der Waals surface area contributed by atoms with Gasteiger partial charge in [0.2, 0.25) is 0 Å². The average molecular weight is 372 g/mol. The van der Waals surface area contributed by atoms with Gasteiger partial charge in [0.25, 0.3) is 0 Å². The van der Waals surface area contributed by atoms with E-state index in [0.29, 0.717) is 18.0 Å². The van der Waals surface area contributed by atoms with Crippen molar-refractivity contribution >= 4 is 34.8 Å². The Morgan fingerprint density at radius 1 is 1.50 bits per heavy atom. The van der Waals surface area contributed by atoms with Gasteiger partial charge in [-0.1, -0.05) is 19.9 Å². The number of aliphatic hydroxyl groups is 1. The van der Waals surface area contributed by atoms with Crippen LogP contribution in [0.1, 0.15) is 44.7 Å². The van der Waals surface area contributed by atoms with Crippen LogP contribution in [0.2, 0.25) is 0 Å². The molecule has 26 heavy (non-hydrogen) atoms. The Hall–Kier alpha value is -2.43. The molecule has 1 aromatic carbocycles. The minimum Gasteiger partial charge on any atom is -0.404 e. The SMILES string of the molecule is CC(C)c1ccc(NS/C(C=NCC(C)(C)O)=C/N)c2[nH]cc(C#N)c12. The first-order chi connectivity index (χ1) is 12.3. The Morgan fingerprint density at radius 3 is 2.81 bits per heavy atom. The van der Waals surface area contributed by atoms with E-state index in [4.69, 9.17) is 5.73 Å². The fourth-order valence-corrected chi connectivity index (χ4v) is 3.10. The molecule has 1 heterocycles. The van der Waals surface area contributed by atoms with E-state index in [1.807, 2.05) is 12.1 Å². The summed E-state index contributed by atoms with van der Waals surface area (Å²) in [5.74, 6) is 0.315. The molecule has 0 spiro atoms. The molecule has 0 saturated carbocycles. The van der Waals surface area contributed by atoms with Gasteiger partial charge in [0.1, 0.15) is 6.07 Å². The van der Waals surface area contributed by atoms with Crippen LogP contribution in [0.5, 0.6) is 0 Å². The predicted octanol–water partition coefficient (Wildman–Crippen LogP) is 3.86. The summed E-state index contributed by atoms with van der Waals surface area (Å²) < 4.78 is 3.26. The van der Waals surface area contributed by atoms with E-state index in [9.17, 15) is 10.4 Å². The summed E-state index contributed by atoms with van der Waals surface area (Å²) in [5, 5.41) is 20.0. The lowest BCUT2D eigenvalue weighted by molar-refractivity contribution is 0.0906. The molecule has 0 aliphatic rings. The highest BCUT2D eigenvalue weighted by Crippen LogP contribution is 2.34. The highest BCUT2D eigenvalue weighted by molar-refractivity contribution is 8.05. The van der Waals surface area contributed by atoms with Crippen LogP contribution in [0.25, 0.3) is 10.9 Å². The van der Waals surface area contributed by atoms with Crippen molar-refractivity contribution in [1.82, 2.24) is 4.98 Å². The molecule has 0 unspecified atom stereocenters. The predicted molar refractivity (Wildman–Crippen MR) is 110 cm³/mol. The van der Waals surface area contributed by atoms with Gasteiger partial charge in [0.15, 0.2) is 0 Å². The van der Waals surface area contributed by atoms with Gasteiger partial charge < -0.3 is 20.5 Å². The van der Waals surface area contributed by atoms with Crippen molar-refractivity contribution in [3.05, 3.63) is 40.6 Å². The first-order valence-corrected chi connectivity index (χ1v) is 9.19. The zero-order valence-corrected chi connectivity index (χ0v) is 16.3. The zero-order chi connectivity index (χ0) is 19.3. The van der Waals surface area contributed by atoms with Crippen molar-refractivity contribution in [1.29, 1.82) is 5.26 Å². The smallest absolute Gasteiger partial charge is 0.101 e. The minimum absolute atomic E-state index is 0.292. The second kappa shape index (κ2) is 8.30. The molecule has 0 fully saturated rings. The Labute approximate surface area is 158 Å². The maximum atomic E-state index is 9.71. The average Bonchev–Trinajstić information content (AvgIpc) is 3.00. The first-order valence-electron chi connectivity index (χ1n) is 8.38. The molecule has 7 heteroatoms. The number of aromatic amines is 1. The maximum absolute atomic E-state index is 9.71. The summed E-state index contributed by atoms with van der Waals surface area (Å²) >= 11 is 1.32. The van der Waals surface area contributed by atoms with Gasteiger partial charge in [0, 0.05) is 24.0 Å². The molecule has 1 aromatic heterocycles. The number of allylic oxidation sites excluding steroid dienone is 1. The number of nitrogens with zero attached hydrogens (tertiary/aromatic N) is 2. The van der Waals surface area contributed by atoms with Crippen LogP contribution in [0.4, 0.5) is 5.69 Å². The highest BCUT2D eigenvalue weighted by Gasteiger charge is 2.15.